The lowest BCUT2D eigenvalue weighted by Crippen LogP contribution is -1.93. The first-order chi connectivity index (χ1) is 20.7. The Bertz CT molecular complexity index is 2360. The molecular weight excluding hydrogens is 512 g/mol. The zero-order valence-corrected chi connectivity index (χ0v) is 23.4. The lowest BCUT2D eigenvalue weighted by atomic mass is 9.84. The van der Waals surface area contributed by atoms with Crippen molar-refractivity contribution in [3.8, 4) is 22.3 Å². The number of hydrogen-bond donors (Lipinski definition) is 0. The molecule has 0 radical (unpaired) electrons. The van der Waals surface area contributed by atoms with Crippen LogP contribution in [0.15, 0.2) is 130 Å². The van der Waals surface area contributed by atoms with E-state index in [0.717, 1.165) is 55.0 Å². The van der Waals surface area contributed by atoms with Gasteiger partial charge in [0.2, 0.25) is 0 Å². The zero-order valence-electron chi connectivity index (χ0n) is 23.4. The molecule has 42 heavy (non-hydrogen) atoms. The van der Waals surface area contributed by atoms with Gasteiger partial charge in [-0.25, -0.2) is 0 Å². The smallest absolute Gasteiger partial charge is 0.143 e. The van der Waals surface area contributed by atoms with Crippen LogP contribution in [0.3, 0.4) is 0 Å². The predicted molar refractivity (Wildman–Crippen MR) is 176 cm³/mol. The molecule has 0 aliphatic heterocycles. The van der Waals surface area contributed by atoms with Gasteiger partial charge in [0.05, 0.1) is 0 Å². The molecule has 0 saturated heterocycles. The summed E-state index contributed by atoms with van der Waals surface area (Å²) in [7, 11) is 0. The molecule has 0 spiro atoms. The summed E-state index contributed by atoms with van der Waals surface area (Å²) >= 11 is 0. The first kappa shape index (κ1) is 23.4. The molecule has 0 unspecified atom stereocenters. The van der Waals surface area contributed by atoms with Crippen LogP contribution < -0.4 is 0 Å². The Kier molecular flexibility index (Phi) is 4.77. The Balaban J connectivity index is 1.48. The summed E-state index contributed by atoms with van der Waals surface area (Å²) in [5.74, 6) is 0. The molecule has 2 aromatic heterocycles. The van der Waals surface area contributed by atoms with Crippen LogP contribution in [0.25, 0.3) is 87.7 Å². The number of benzene rings is 7. The Labute approximate surface area is 242 Å². The molecule has 2 heterocycles. The summed E-state index contributed by atoms with van der Waals surface area (Å²) in [5.41, 5.74) is 10.8. The maximum absolute atomic E-state index is 6.58. The van der Waals surface area contributed by atoms with Gasteiger partial charge in [0.15, 0.2) is 0 Å². The summed E-state index contributed by atoms with van der Waals surface area (Å²) in [4.78, 5) is 0. The van der Waals surface area contributed by atoms with E-state index in [1.54, 1.807) is 0 Å². The van der Waals surface area contributed by atoms with Crippen molar-refractivity contribution in [3.05, 3.63) is 132 Å². The minimum Gasteiger partial charge on any atom is -0.455 e. The Hall–Kier alpha value is -5.34. The third kappa shape index (κ3) is 3.15. The molecule has 9 rings (SSSR count). The van der Waals surface area contributed by atoms with E-state index < -0.39 is 0 Å². The highest BCUT2D eigenvalue weighted by molar-refractivity contribution is 6.26. The highest BCUT2D eigenvalue weighted by atomic mass is 16.3. The molecule has 0 aliphatic rings. The Morgan fingerprint density at radius 1 is 0.357 bits per heavy atom. The summed E-state index contributed by atoms with van der Waals surface area (Å²) in [5, 5.41) is 9.39. The fourth-order valence-corrected chi connectivity index (χ4v) is 6.91. The van der Waals surface area contributed by atoms with Crippen LogP contribution in [-0.4, -0.2) is 0 Å². The summed E-state index contributed by atoms with van der Waals surface area (Å²) in [6, 6.07) is 43.2. The number of fused-ring (bicyclic) bond motifs is 8. The van der Waals surface area contributed by atoms with Gasteiger partial charge in [0.25, 0.3) is 0 Å². The average Bonchev–Trinajstić information content (AvgIpc) is 3.60. The molecule has 0 atom stereocenters. The first-order valence-electron chi connectivity index (χ1n) is 14.4. The first-order valence-corrected chi connectivity index (χ1v) is 14.4. The largest absolute Gasteiger partial charge is 0.455 e. The van der Waals surface area contributed by atoms with Crippen molar-refractivity contribution in [1.29, 1.82) is 0 Å². The molecule has 0 N–H and O–H groups in total. The van der Waals surface area contributed by atoms with Gasteiger partial charge in [-0.15, -0.1) is 0 Å². The van der Waals surface area contributed by atoms with Crippen LogP contribution in [0.2, 0.25) is 0 Å². The van der Waals surface area contributed by atoms with E-state index in [-0.39, 0.29) is 0 Å². The monoisotopic (exact) mass is 538 g/mol. The molecular formula is C40H26O2. The molecule has 2 heteroatoms. The van der Waals surface area contributed by atoms with Gasteiger partial charge in [0, 0.05) is 43.8 Å². The van der Waals surface area contributed by atoms with Crippen molar-refractivity contribution in [2.75, 3.05) is 0 Å². The minimum absolute atomic E-state index is 0.911. The maximum atomic E-state index is 6.58. The molecule has 0 aliphatic carbocycles. The quantitative estimate of drug-likeness (QED) is 0.205. The van der Waals surface area contributed by atoms with E-state index >= 15 is 0 Å². The minimum atomic E-state index is 0.911. The van der Waals surface area contributed by atoms with Gasteiger partial charge in [-0.2, -0.15) is 0 Å². The SMILES string of the molecule is Cc1cc2c(-c3cccc4c3oc3ccccc34)c3ccccc3c(-c3cccc4c3oc3ccccc34)c2cc1C. The van der Waals surface area contributed by atoms with Crippen LogP contribution in [-0.2, 0) is 0 Å². The number of furan rings is 2. The summed E-state index contributed by atoms with van der Waals surface area (Å²) in [6.07, 6.45) is 0. The van der Waals surface area contributed by atoms with Gasteiger partial charge < -0.3 is 8.83 Å². The van der Waals surface area contributed by atoms with E-state index in [2.05, 4.69) is 123 Å². The Morgan fingerprint density at radius 3 is 1.19 bits per heavy atom. The molecule has 0 amide bonds. The van der Waals surface area contributed by atoms with Gasteiger partial charge in [-0.05, 0) is 58.7 Å². The molecule has 198 valence electrons. The second-order valence-electron chi connectivity index (χ2n) is 11.3. The molecule has 7 aromatic carbocycles. The molecule has 0 bridgehead atoms. The number of rotatable bonds is 2. The highest BCUT2D eigenvalue weighted by Gasteiger charge is 2.22. The molecule has 2 nitrogen and oxygen atoms in total. The van der Waals surface area contributed by atoms with E-state index in [0.29, 0.717) is 0 Å². The molecule has 0 fully saturated rings. The second kappa shape index (κ2) is 8.58. The standard InChI is InChI=1S/C40H26O2/c1-23-21-33-34(22-24(23)2)38(32-18-10-16-30-26-12-6-8-20-36(26)42-40(30)32)28-14-4-3-13-27(28)37(33)31-17-9-15-29-25-11-5-7-19-35(25)41-39(29)31/h3-22H,1-2H3. The van der Waals surface area contributed by atoms with Crippen LogP contribution in [0.4, 0.5) is 0 Å². The zero-order chi connectivity index (χ0) is 27.9. The molecule has 0 saturated carbocycles. The van der Waals surface area contributed by atoms with Crippen molar-refractivity contribution in [2.24, 2.45) is 0 Å². The maximum Gasteiger partial charge on any atom is 0.143 e. The molecule has 9 aromatic rings. The van der Waals surface area contributed by atoms with E-state index in [4.69, 9.17) is 8.83 Å². The third-order valence-corrected chi connectivity index (χ3v) is 8.99. The van der Waals surface area contributed by atoms with Crippen LogP contribution in [0, 0.1) is 13.8 Å². The van der Waals surface area contributed by atoms with Gasteiger partial charge in [-0.1, -0.05) is 109 Å². The lowest BCUT2D eigenvalue weighted by Gasteiger charge is -2.19. The second-order valence-corrected chi connectivity index (χ2v) is 11.3. The number of hydrogen-bond acceptors (Lipinski definition) is 2. The normalized spacial score (nSPS) is 12.0. The fourth-order valence-electron chi connectivity index (χ4n) is 6.91. The van der Waals surface area contributed by atoms with E-state index in [1.807, 2.05) is 12.1 Å². The summed E-state index contributed by atoms with van der Waals surface area (Å²) < 4.78 is 13.2. The number of para-hydroxylation sites is 4. The van der Waals surface area contributed by atoms with Gasteiger partial charge in [0.1, 0.15) is 22.3 Å². The van der Waals surface area contributed by atoms with Gasteiger partial charge >= 0.3 is 0 Å². The third-order valence-electron chi connectivity index (χ3n) is 8.99. The van der Waals surface area contributed by atoms with Crippen molar-refractivity contribution in [3.63, 3.8) is 0 Å². The van der Waals surface area contributed by atoms with Crippen molar-refractivity contribution < 1.29 is 8.83 Å². The fraction of sp³-hybridized carbons (Fsp3) is 0.0500. The van der Waals surface area contributed by atoms with Gasteiger partial charge in [-0.3, -0.25) is 0 Å². The highest BCUT2D eigenvalue weighted by Crippen LogP contribution is 2.48. The topological polar surface area (TPSA) is 26.3 Å². The van der Waals surface area contributed by atoms with E-state index in [9.17, 15) is 0 Å². The van der Waals surface area contributed by atoms with Crippen LogP contribution in [0.5, 0.6) is 0 Å². The lowest BCUT2D eigenvalue weighted by molar-refractivity contribution is 0.669. The van der Waals surface area contributed by atoms with Crippen LogP contribution in [0.1, 0.15) is 11.1 Å². The summed E-state index contributed by atoms with van der Waals surface area (Å²) in [6.45, 7) is 4.41. The Morgan fingerprint density at radius 2 is 0.738 bits per heavy atom. The van der Waals surface area contributed by atoms with Crippen molar-refractivity contribution >= 4 is 65.4 Å². The average molecular weight is 539 g/mol. The van der Waals surface area contributed by atoms with E-state index in [1.165, 1.54) is 43.8 Å². The van der Waals surface area contributed by atoms with Crippen molar-refractivity contribution in [1.82, 2.24) is 0 Å². The van der Waals surface area contributed by atoms with Crippen molar-refractivity contribution in [2.45, 2.75) is 13.8 Å². The predicted octanol–water partition coefficient (Wildman–Crippen LogP) is 11.7. The van der Waals surface area contributed by atoms with Crippen LogP contribution >= 0.6 is 0 Å². The number of aryl methyl sites for hydroxylation is 2.